The van der Waals surface area contributed by atoms with Crippen molar-refractivity contribution in [2.75, 3.05) is 6.61 Å². The third kappa shape index (κ3) is 4.98. The molecule has 0 fully saturated rings. The summed E-state index contributed by atoms with van der Waals surface area (Å²) in [7, 11) is 0. The van der Waals surface area contributed by atoms with E-state index >= 15 is 0 Å². The fourth-order valence-corrected chi connectivity index (χ4v) is 1.57. The van der Waals surface area contributed by atoms with Gasteiger partial charge in [-0.15, -0.1) is 0 Å². The van der Waals surface area contributed by atoms with Crippen LogP contribution >= 0.6 is 0 Å². The molecule has 94 valence electrons. The Hall–Kier alpha value is -1.38. The topological polar surface area (TPSA) is 26.3 Å². The van der Waals surface area contributed by atoms with Crippen molar-refractivity contribution >= 4 is 5.97 Å². The normalized spacial score (nSPS) is 10.2. The Morgan fingerprint density at radius 3 is 2.59 bits per heavy atom. The molecule has 0 aliphatic heterocycles. The number of ether oxygens (including phenoxy) is 1. The van der Waals surface area contributed by atoms with Gasteiger partial charge in [-0.05, 0) is 18.6 Å². The molecule has 0 aromatic heterocycles. The van der Waals surface area contributed by atoms with E-state index in [1.165, 1.54) is 25.0 Å². The molecule has 0 saturated carbocycles. The molecule has 0 spiro atoms. The van der Waals surface area contributed by atoms with Crippen LogP contribution in [0.4, 0.5) is 4.39 Å². The van der Waals surface area contributed by atoms with E-state index < -0.39 is 11.8 Å². The van der Waals surface area contributed by atoms with Crippen LogP contribution in [0, 0.1) is 5.82 Å². The van der Waals surface area contributed by atoms with Gasteiger partial charge in [0.15, 0.2) is 0 Å². The lowest BCUT2D eigenvalue weighted by Crippen LogP contribution is -2.08. The Kier molecular flexibility index (Phi) is 6.30. The molecule has 0 unspecified atom stereocenters. The van der Waals surface area contributed by atoms with Crippen LogP contribution in [0.25, 0.3) is 0 Å². The minimum absolute atomic E-state index is 0.0149. The van der Waals surface area contributed by atoms with Crippen molar-refractivity contribution in [3.8, 4) is 0 Å². The van der Waals surface area contributed by atoms with Crippen molar-refractivity contribution in [3.63, 3.8) is 0 Å². The monoisotopic (exact) mass is 238 g/mol. The van der Waals surface area contributed by atoms with Crippen LogP contribution in [0.2, 0.25) is 0 Å². The zero-order chi connectivity index (χ0) is 12.5. The average Bonchev–Trinajstić information content (AvgIpc) is 2.34. The van der Waals surface area contributed by atoms with Crippen LogP contribution in [-0.2, 0) is 4.74 Å². The molecule has 0 aliphatic rings. The van der Waals surface area contributed by atoms with E-state index in [9.17, 15) is 9.18 Å². The van der Waals surface area contributed by atoms with Gasteiger partial charge in [0.05, 0.1) is 12.2 Å². The summed E-state index contributed by atoms with van der Waals surface area (Å²) in [6, 6.07) is 5.88. The molecule has 1 aromatic carbocycles. The van der Waals surface area contributed by atoms with Crippen LogP contribution in [0.15, 0.2) is 24.3 Å². The Morgan fingerprint density at radius 1 is 1.18 bits per heavy atom. The number of unbranched alkanes of at least 4 members (excludes halogenated alkanes) is 4. The molecule has 0 radical (unpaired) electrons. The average molecular weight is 238 g/mol. The Labute approximate surface area is 102 Å². The van der Waals surface area contributed by atoms with Gasteiger partial charge in [0.1, 0.15) is 5.82 Å². The highest BCUT2D eigenvalue weighted by Gasteiger charge is 2.11. The number of rotatable bonds is 7. The first-order chi connectivity index (χ1) is 8.25. The van der Waals surface area contributed by atoms with E-state index in [1.807, 2.05) is 0 Å². The summed E-state index contributed by atoms with van der Waals surface area (Å²) in [5.74, 6) is -1.10. The van der Waals surface area contributed by atoms with Crippen LogP contribution < -0.4 is 0 Å². The van der Waals surface area contributed by atoms with E-state index in [1.54, 1.807) is 12.1 Å². The van der Waals surface area contributed by atoms with Crippen LogP contribution in [-0.4, -0.2) is 12.6 Å². The largest absolute Gasteiger partial charge is 0.462 e. The number of halogens is 1. The van der Waals surface area contributed by atoms with Crippen LogP contribution in [0.3, 0.4) is 0 Å². The van der Waals surface area contributed by atoms with Crippen molar-refractivity contribution in [3.05, 3.63) is 35.6 Å². The summed E-state index contributed by atoms with van der Waals surface area (Å²) in [6.07, 6.45) is 5.46. The van der Waals surface area contributed by atoms with Crippen LogP contribution in [0.5, 0.6) is 0 Å². The molecule has 3 heteroatoms. The smallest absolute Gasteiger partial charge is 0.341 e. The molecule has 0 N–H and O–H groups in total. The van der Waals surface area contributed by atoms with Gasteiger partial charge in [0.2, 0.25) is 0 Å². The fraction of sp³-hybridized carbons (Fsp3) is 0.500. The van der Waals surface area contributed by atoms with Crippen molar-refractivity contribution in [2.45, 2.75) is 39.0 Å². The van der Waals surface area contributed by atoms with E-state index in [-0.39, 0.29) is 5.56 Å². The summed E-state index contributed by atoms with van der Waals surface area (Å²) in [4.78, 5) is 11.5. The molecule has 17 heavy (non-hydrogen) atoms. The molecular weight excluding hydrogens is 219 g/mol. The highest BCUT2D eigenvalue weighted by atomic mass is 19.1. The predicted octanol–water partition coefficient (Wildman–Crippen LogP) is 3.95. The number of hydrogen-bond donors (Lipinski definition) is 0. The van der Waals surface area contributed by atoms with Gasteiger partial charge in [0, 0.05) is 0 Å². The number of benzene rings is 1. The summed E-state index contributed by atoms with van der Waals surface area (Å²) < 4.78 is 18.2. The third-order valence-electron chi connectivity index (χ3n) is 2.57. The summed E-state index contributed by atoms with van der Waals surface area (Å²) in [6.45, 7) is 2.52. The van der Waals surface area contributed by atoms with Crippen molar-refractivity contribution in [2.24, 2.45) is 0 Å². The van der Waals surface area contributed by atoms with Gasteiger partial charge in [-0.1, -0.05) is 44.7 Å². The third-order valence-corrected chi connectivity index (χ3v) is 2.57. The summed E-state index contributed by atoms with van der Waals surface area (Å²) in [5, 5.41) is 0. The molecule has 0 heterocycles. The zero-order valence-electron chi connectivity index (χ0n) is 10.2. The quantitative estimate of drug-likeness (QED) is 0.531. The molecule has 0 amide bonds. The van der Waals surface area contributed by atoms with Gasteiger partial charge in [-0.25, -0.2) is 9.18 Å². The Bertz CT molecular complexity index is 350. The second-order valence-corrected chi connectivity index (χ2v) is 4.03. The first kappa shape index (κ1) is 13.7. The molecule has 0 bridgehead atoms. The highest BCUT2D eigenvalue weighted by molar-refractivity contribution is 5.89. The van der Waals surface area contributed by atoms with E-state index in [0.717, 1.165) is 19.3 Å². The van der Waals surface area contributed by atoms with Crippen LogP contribution in [0.1, 0.15) is 49.4 Å². The molecule has 1 rings (SSSR count). The SMILES string of the molecule is CCCCCCCOC(=O)c1ccccc1F. The van der Waals surface area contributed by atoms with E-state index in [2.05, 4.69) is 6.92 Å². The first-order valence-corrected chi connectivity index (χ1v) is 6.17. The van der Waals surface area contributed by atoms with Crippen molar-refractivity contribution in [1.82, 2.24) is 0 Å². The lowest BCUT2D eigenvalue weighted by atomic mass is 10.2. The molecule has 2 nitrogen and oxygen atoms in total. The second kappa shape index (κ2) is 7.82. The zero-order valence-corrected chi connectivity index (χ0v) is 10.2. The lowest BCUT2D eigenvalue weighted by molar-refractivity contribution is 0.0492. The van der Waals surface area contributed by atoms with Gasteiger partial charge < -0.3 is 4.74 Å². The minimum Gasteiger partial charge on any atom is -0.462 e. The highest BCUT2D eigenvalue weighted by Crippen LogP contribution is 2.09. The predicted molar refractivity (Wildman–Crippen MR) is 65.4 cm³/mol. The maximum absolute atomic E-state index is 13.2. The summed E-state index contributed by atoms with van der Waals surface area (Å²) in [5.41, 5.74) is 0.0149. The van der Waals surface area contributed by atoms with Gasteiger partial charge in [-0.3, -0.25) is 0 Å². The maximum atomic E-state index is 13.2. The molecule has 0 saturated heterocycles. The van der Waals surface area contributed by atoms with Crippen molar-refractivity contribution < 1.29 is 13.9 Å². The van der Waals surface area contributed by atoms with E-state index in [4.69, 9.17) is 4.74 Å². The minimum atomic E-state index is -0.571. The number of esters is 1. The summed E-state index contributed by atoms with van der Waals surface area (Å²) >= 11 is 0. The number of carbonyl (C=O) groups excluding carboxylic acids is 1. The standard InChI is InChI=1S/C14H19FO2/c1-2-3-4-5-8-11-17-14(16)12-9-6-7-10-13(12)15/h6-7,9-10H,2-5,8,11H2,1H3. The maximum Gasteiger partial charge on any atom is 0.341 e. The van der Waals surface area contributed by atoms with Gasteiger partial charge >= 0.3 is 5.97 Å². The Balaban J connectivity index is 2.24. The number of carbonyl (C=O) groups is 1. The molecule has 0 atom stereocenters. The number of hydrogen-bond acceptors (Lipinski definition) is 2. The van der Waals surface area contributed by atoms with Crippen molar-refractivity contribution in [1.29, 1.82) is 0 Å². The molecule has 0 aliphatic carbocycles. The second-order valence-electron chi connectivity index (χ2n) is 4.03. The first-order valence-electron chi connectivity index (χ1n) is 6.17. The van der Waals surface area contributed by atoms with E-state index in [0.29, 0.717) is 6.61 Å². The van der Waals surface area contributed by atoms with Gasteiger partial charge in [0.25, 0.3) is 0 Å². The Morgan fingerprint density at radius 2 is 1.88 bits per heavy atom. The van der Waals surface area contributed by atoms with Gasteiger partial charge in [-0.2, -0.15) is 0 Å². The molecule has 1 aromatic rings. The fourth-order valence-electron chi connectivity index (χ4n) is 1.57. The molecular formula is C14H19FO2. The lowest BCUT2D eigenvalue weighted by Gasteiger charge is -2.05.